The largest absolute Gasteiger partial charge is 0.368 e. The SMILES string of the molecule is Nc1nc(-c2cccc(Br)n2)cc(-c2cccc(Br)n2)n1. The van der Waals surface area contributed by atoms with Crippen molar-refractivity contribution in [3.05, 3.63) is 51.7 Å². The predicted octanol–water partition coefficient (Wildman–Crippen LogP) is 3.71. The summed E-state index contributed by atoms with van der Waals surface area (Å²) in [5.41, 5.74) is 8.55. The van der Waals surface area contributed by atoms with Gasteiger partial charge in [0.05, 0.1) is 22.8 Å². The molecular formula is C14H9Br2N5. The molecule has 7 heteroatoms. The van der Waals surface area contributed by atoms with E-state index in [4.69, 9.17) is 5.73 Å². The maximum atomic E-state index is 5.81. The lowest BCUT2D eigenvalue weighted by molar-refractivity contribution is 1.14. The molecule has 0 amide bonds. The summed E-state index contributed by atoms with van der Waals surface area (Å²) >= 11 is 6.69. The van der Waals surface area contributed by atoms with Gasteiger partial charge in [0.2, 0.25) is 5.95 Å². The Morgan fingerprint density at radius 3 is 1.57 bits per heavy atom. The topological polar surface area (TPSA) is 77.6 Å². The Labute approximate surface area is 137 Å². The van der Waals surface area contributed by atoms with Crippen LogP contribution in [0.1, 0.15) is 0 Å². The lowest BCUT2D eigenvalue weighted by atomic mass is 10.2. The van der Waals surface area contributed by atoms with Crippen molar-refractivity contribution < 1.29 is 0 Å². The summed E-state index contributed by atoms with van der Waals surface area (Å²) in [6.07, 6.45) is 0. The Bertz CT molecular complexity index is 743. The van der Waals surface area contributed by atoms with Crippen LogP contribution in [0.15, 0.2) is 51.7 Å². The lowest BCUT2D eigenvalue weighted by Crippen LogP contribution is -2.00. The van der Waals surface area contributed by atoms with E-state index >= 15 is 0 Å². The molecule has 0 atom stereocenters. The molecule has 0 radical (unpaired) electrons. The highest BCUT2D eigenvalue weighted by Crippen LogP contribution is 2.24. The van der Waals surface area contributed by atoms with E-state index in [0.29, 0.717) is 11.4 Å². The van der Waals surface area contributed by atoms with Crippen molar-refractivity contribution in [2.24, 2.45) is 0 Å². The maximum Gasteiger partial charge on any atom is 0.221 e. The fraction of sp³-hybridized carbons (Fsp3) is 0. The van der Waals surface area contributed by atoms with E-state index in [-0.39, 0.29) is 5.95 Å². The van der Waals surface area contributed by atoms with Crippen molar-refractivity contribution in [1.82, 2.24) is 19.9 Å². The highest BCUT2D eigenvalue weighted by atomic mass is 79.9. The number of nitrogen functional groups attached to an aromatic ring is 1. The van der Waals surface area contributed by atoms with Gasteiger partial charge in [-0.1, -0.05) is 12.1 Å². The van der Waals surface area contributed by atoms with Crippen LogP contribution < -0.4 is 5.73 Å². The molecule has 0 aliphatic rings. The normalized spacial score (nSPS) is 10.6. The van der Waals surface area contributed by atoms with Gasteiger partial charge in [0.15, 0.2) is 0 Å². The highest BCUT2D eigenvalue weighted by molar-refractivity contribution is 9.10. The summed E-state index contributed by atoms with van der Waals surface area (Å²) < 4.78 is 1.47. The molecule has 0 aliphatic carbocycles. The average Bonchev–Trinajstić information content (AvgIpc) is 2.46. The molecule has 0 aromatic carbocycles. The van der Waals surface area contributed by atoms with Crippen LogP contribution in [-0.2, 0) is 0 Å². The van der Waals surface area contributed by atoms with Crippen molar-refractivity contribution in [2.75, 3.05) is 5.73 Å². The van der Waals surface area contributed by atoms with E-state index in [9.17, 15) is 0 Å². The van der Waals surface area contributed by atoms with Gasteiger partial charge in [-0.15, -0.1) is 0 Å². The smallest absolute Gasteiger partial charge is 0.221 e. The van der Waals surface area contributed by atoms with Crippen LogP contribution in [0.5, 0.6) is 0 Å². The Hall–Kier alpha value is -1.86. The van der Waals surface area contributed by atoms with Gasteiger partial charge in [0.1, 0.15) is 9.21 Å². The van der Waals surface area contributed by atoms with Gasteiger partial charge in [-0.2, -0.15) is 0 Å². The van der Waals surface area contributed by atoms with Gasteiger partial charge in [-0.05, 0) is 62.2 Å². The molecule has 0 spiro atoms. The first-order chi connectivity index (χ1) is 10.1. The number of rotatable bonds is 2. The van der Waals surface area contributed by atoms with Crippen molar-refractivity contribution >= 4 is 37.8 Å². The van der Waals surface area contributed by atoms with Crippen LogP contribution in [0.3, 0.4) is 0 Å². The van der Waals surface area contributed by atoms with Crippen LogP contribution in [0.2, 0.25) is 0 Å². The maximum absolute atomic E-state index is 5.81. The molecule has 2 N–H and O–H groups in total. The number of hydrogen-bond acceptors (Lipinski definition) is 5. The number of anilines is 1. The summed E-state index contributed by atoms with van der Waals surface area (Å²) in [5.74, 6) is 0.186. The molecular weight excluding hydrogens is 398 g/mol. The van der Waals surface area contributed by atoms with Gasteiger partial charge in [-0.25, -0.2) is 19.9 Å². The zero-order chi connectivity index (χ0) is 14.8. The minimum atomic E-state index is 0.186. The summed E-state index contributed by atoms with van der Waals surface area (Å²) in [6, 6.07) is 13.0. The summed E-state index contributed by atoms with van der Waals surface area (Å²) in [7, 11) is 0. The van der Waals surface area contributed by atoms with E-state index in [2.05, 4.69) is 51.8 Å². The fourth-order valence-corrected chi connectivity index (χ4v) is 2.52. The number of halogens is 2. The van der Waals surface area contributed by atoms with Crippen LogP contribution in [0, 0.1) is 0 Å². The molecule has 0 unspecified atom stereocenters. The molecule has 0 fully saturated rings. The molecule has 21 heavy (non-hydrogen) atoms. The molecule has 0 aliphatic heterocycles. The van der Waals surface area contributed by atoms with E-state index in [1.54, 1.807) is 0 Å². The van der Waals surface area contributed by atoms with E-state index in [1.807, 2.05) is 42.5 Å². The number of aromatic nitrogens is 4. The van der Waals surface area contributed by atoms with E-state index in [0.717, 1.165) is 20.6 Å². The monoisotopic (exact) mass is 405 g/mol. The second kappa shape index (κ2) is 5.87. The second-order valence-electron chi connectivity index (χ2n) is 4.19. The Morgan fingerprint density at radius 1 is 0.667 bits per heavy atom. The van der Waals surface area contributed by atoms with Crippen molar-refractivity contribution in [2.45, 2.75) is 0 Å². The van der Waals surface area contributed by atoms with Crippen LogP contribution in [0.4, 0.5) is 5.95 Å². The van der Waals surface area contributed by atoms with Crippen LogP contribution in [0.25, 0.3) is 22.8 Å². The first-order valence-electron chi connectivity index (χ1n) is 6.02. The molecule has 0 bridgehead atoms. The molecule has 3 aromatic heterocycles. The Balaban J connectivity index is 2.12. The first kappa shape index (κ1) is 14.1. The summed E-state index contributed by atoms with van der Waals surface area (Å²) in [4.78, 5) is 17.2. The van der Waals surface area contributed by atoms with E-state index in [1.165, 1.54) is 0 Å². The van der Waals surface area contributed by atoms with E-state index < -0.39 is 0 Å². The number of hydrogen-bond donors (Lipinski definition) is 1. The minimum absolute atomic E-state index is 0.186. The zero-order valence-corrected chi connectivity index (χ0v) is 13.8. The summed E-state index contributed by atoms with van der Waals surface area (Å²) in [6.45, 7) is 0. The molecule has 0 saturated heterocycles. The Kier molecular flexibility index (Phi) is 3.94. The van der Waals surface area contributed by atoms with Crippen LogP contribution in [-0.4, -0.2) is 19.9 Å². The molecule has 3 rings (SSSR count). The first-order valence-corrected chi connectivity index (χ1v) is 7.61. The standard InChI is InChI=1S/C14H9Br2N5/c15-12-5-1-3-8(18-12)10-7-11(21-14(17)20-10)9-4-2-6-13(16)19-9/h1-7H,(H2,17,20,21). The second-order valence-corrected chi connectivity index (χ2v) is 5.81. The third kappa shape index (κ3) is 3.25. The number of nitrogens with zero attached hydrogens (tertiary/aromatic N) is 4. The van der Waals surface area contributed by atoms with Crippen molar-refractivity contribution in [3.63, 3.8) is 0 Å². The molecule has 5 nitrogen and oxygen atoms in total. The van der Waals surface area contributed by atoms with Gasteiger partial charge >= 0.3 is 0 Å². The van der Waals surface area contributed by atoms with Crippen molar-refractivity contribution in [1.29, 1.82) is 0 Å². The summed E-state index contributed by atoms with van der Waals surface area (Å²) in [5, 5.41) is 0. The Morgan fingerprint density at radius 2 is 1.14 bits per heavy atom. The third-order valence-electron chi connectivity index (χ3n) is 2.70. The molecule has 104 valence electrons. The predicted molar refractivity (Wildman–Crippen MR) is 88.3 cm³/mol. The highest BCUT2D eigenvalue weighted by Gasteiger charge is 2.09. The number of pyridine rings is 2. The molecule has 3 aromatic rings. The van der Waals surface area contributed by atoms with Gasteiger partial charge < -0.3 is 5.73 Å². The quantitative estimate of drug-likeness (QED) is 0.656. The average molecular weight is 407 g/mol. The van der Waals surface area contributed by atoms with Crippen LogP contribution >= 0.6 is 31.9 Å². The van der Waals surface area contributed by atoms with Gasteiger partial charge in [0, 0.05) is 0 Å². The van der Waals surface area contributed by atoms with Gasteiger partial charge in [0.25, 0.3) is 0 Å². The minimum Gasteiger partial charge on any atom is -0.368 e. The number of nitrogens with two attached hydrogens (primary N) is 1. The molecule has 3 heterocycles. The fourth-order valence-electron chi connectivity index (χ4n) is 1.83. The van der Waals surface area contributed by atoms with Crippen molar-refractivity contribution in [3.8, 4) is 22.8 Å². The van der Waals surface area contributed by atoms with Gasteiger partial charge in [-0.3, -0.25) is 0 Å². The zero-order valence-electron chi connectivity index (χ0n) is 10.7. The molecule has 0 saturated carbocycles. The lowest BCUT2D eigenvalue weighted by Gasteiger charge is -2.06. The third-order valence-corrected chi connectivity index (χ3v) is 3.58.